The van der Waals surface area contributed by atoms with Crippen LogP contribution in [0.25, 0.3) is 0 Å². The minimum Gasteiger partial charge on any atom is -0.369 e. The minimum atomic E-state index is -0.417. The summed E-state index contributed by atoms with van der Waals surface area (Å²) in [6.45, 7) is 13.9. The van der Waals surface area contributed by atoms with Crippen LogP contribution in [0.4, 0.5) is 0 Å². The monoisotopic (exact) mass is 284 g/mol. The summed E-state index contributed by atoms with van der Waals surface area (Å²) in [4.78, 5) is 0. The molecular weight excluding hydrogens is 252 g/mol. The van der Waals surface area contributed by atoms with Crippen LogP contribution >= 0.6 is 0 Å². The van der Waals surface area contributed by atoms with E-state index in [0.717, 1.165) is 25.7 Å². The van der Waals surface area contributed by atoms with Crippen molar-refractivity contribution in [3.05, 3.63) is 0 Å². The van der Waals surface area contributed by atoms with E-state index in [4.69, 9.17) is 14.2 Å². The standard InChI is InChI=1S/C17H32O3/c1-12(2)9-16(5)8-7-14(19-16)15-11-18-17(6,20-15)10-13(3)4/h12-15H,7-11H2,1-6H3. The molecule has 0 saturated carbocycles. The van der Waals surface area contributed by atoms with Crippen LogP contribution in [0.15, 0.2) is 0 Å². The third-order valence-electron chi connectivity index (χ3n) is 4.38. The summed E-state index contributed by atoms with van der Waals surface area (Å²) in [5.74, 6) is 0.833. The van der Waals surface area contributed by atoms with Crippen molar-refractivity contribution in [3.8, 4) is 0 Å². The van der Waals surface area contributed by atoms with Crippen LogP contribution in [-0.2, 0) is 14.2 Å². The van der Waals surface area contributed by atoms with Gasteiger partial charge in [0.2, 0.25) is 0 Å². The summed E-state index contributed by atoms with van der Waals surface area (Å²) in [6.07, 6.45) is 4.60. The van der Waals surface area contributed by atoms with Crippen molar-refractivity contribution >= 4 is 0 Å². The number of ether oxygens (including phenoxy) is 3. The average molecular weight is 284 g/mol. The Morgan fingerprint density at radius 2 is 1.60 bits per heavy atom. The molecule has 0 bridgehead atoms. The highest BCUT2D eigenvalue weighted by Gasteiger charge is 2.46. The maximum Gasteiger partial charge on any atom is 0.166 e. The SMILES string of the molecule is CC(C)CC1(C)CCC(C2COC(C)(CC(C)C)O2)O1. The largest absolute Gasteiger partial charge is 0.369 e. The van der Waals surface area contributed by atoms with Crippen molar-refractivity contribution in [1.82, 2.24) is 0 Å². The van der Waals surface area contributed by atoms with E-state index in [-0.39, 0.29) is 17.8 Å². The molecule has 2 aliphatic heterocycles. The number of rotatable bonds is 5. The van der Waals surface area contributed by atoms with Gasteiger partial charge >= 0.3 is 0 Å². The van der Waals surface area contributed by atoms with Crippen LogP contribution in [0.3, 0.4) is 0 Å². The van der Waals surface area contributed by atoms with Crippen molar-refractivity contribution in [1.29, 1.82) is 0 Å². The van der Waals surface area contributed by atoms with Gasteiger partial charge < -0.3 is 14.2 Å². The second kappa shape index (κ2) is 5.94. The van der Waals surface area contributed by atoms with Crippen LogP contribution in [0.2, 0.25) is 0 Å². The summed E-state index contributed by atoms with van der Waals surface area (Å²) in [7, 11) is 0. The van der Waals surface area contributed by atoms with Crippen molar-refractivity contribution in [2.24, 2.45) is 11.8 Å². The molecule has 2 rings (SSSR count). The van der Waals surface area contributed by atoms with Gasteiger partial charge in [0.25, 0.3) is 0 Å². The maximum atomic E-state index is 6.34. The van der Waals surface area contributed by atoms with E-state index in [0.29, 0.717) is 18.4 Å². The molecule has 0 aromatic rings. The lowest BCUT2D eigenvalue weighted by Crippen LogP contribution is -2.35. The summed E-state index contributed by atoms with van der Waals surface area (Å²) >= 11 is 0. The van der Waals surface area contributed by atoms with Crippen molar-refractivity contribution < 1.29 is 14.2 Å². The van der Waals surface area contributed by atoms with Crippen molar-refractivity contribution in [3.63, 3.8) is 0 Å². The Labute approximate surface area is 124 Å². The fourth-order valence-corrected chi connectivity index (χ4v) is 3.88. The predicted octanol–water partition coefficient (Wildman–Crippen LogP) is 4.15. The van der Waals surface area contributed by atoms with E-state index in [2.05, 4.69) is 41.5 Å². The van der Waals surface area contributed by atoms with Gasteiger partial charge in [0, 0.05) is 6.42 Å². The Kier molecular flexibility index (Phi) is 4.83. The highest BCUT2D eigenvalue weighted by Crippen LogP contribution is 2.40. The molecular formula is C17H32O3. The van der Waals surface area contributed by atoms with Crippen LogP contribution in [0.5, 0.6) is 0 Å². The van der Waals surface area contributed by atoms with Gasteiger partial charge in [-0.2, -0.15) is 0 Å². The average Bonchev–Trinajstić information content (AvgIpc) is 2.81. The zero-order chi connectivity index (χ0) is 15.0. The second-order valence-corrected chi connectivity index (χ2v) is 7.94. The van der Waals surface area contributed by atoms with Gasteiger partial charge in [-0.15, -0.1) is 0 Å². The molecule has 2 fully saturated rings. The maximum absolute atomic E-state index is 6.34. The molecule has 20 heavy (non-hydrogen) atoms. The number of hydrogen-bond acceptors (Lipinski definition) is 3. The second-order valence-electron chi connectivity index (χ2n) is 7.94. The molecule has 2 aliphatic rings. The molecule has 0 aromatic carbocycles. The molecule has 4 atom stereocenters. The first-order valence-electron chi connectivity index (χ1n) is 8.21. The van der Waals surface area contributed by atoms with Gasteiger partial charge in [0.15, 0.2) is 5.79 Å². The Balaban J connectivity index is 1.89. The fraction of sp³-hybridized carbons (Fsp3) is 1.00. The third kappa shape index (κ3) is 3.96. The molecule has 118 valence electrons. The molecule has 0 amide bonds. The molecule has 2 heterocycles. The first kappa shape index (κ1) is 16.3. The molecule has 0 spiro atoms. The molecule has 2 saturated heterocycles. The van der Waals surface area contributed by atoms with E-state index in [1.807, 2.05) is 0 Å². The lowest BCUT2D eigenvalue weighted by molar-refractivity contribution is -0.182. The summed E-state index contributed by atoms with van der Waals surface area (Å²) < 4.78 is 18.5. The van der Waals surface area contributed by atoms with Crippen LogP contribution in [0, 0.1) is 11.8 Å². The minimum absolute atomic E-state index is 0.0270. The van der Waals surface area contributed by atoms with Gasteiger partial charge in [-0.05, 0) is 44.9 Å². The Hall–Kier alpha value is -0.120. The molecule has 3 nitrogen and oxygen atoms in total. The predicted molar refractivity (Wildman–Crippen MR) is 80.7 cm³/mol. The molecule has 0 aliphatic carbocycles. The topological polar surface area (TPSA) is 27.7 Å². The van der Waals surface area contributed by atoms with Crippen LogP contribution in [0.1, 0.15) is 67.2 Å². The Morgan fingerprint density at radius 1 is 0.950 bits per heavy atom. The number of hydrogen-bond donors (Lipinski definition) is 0. The van der Waals surface area contributed by atoms with Gasteiger partial charge in [-0.25, -0.2) is 0 Å². The summed E-state index contributed by atoms with van der Waals surface area (Å²) in [6, 6.07) is 0. The van der Waals surface area contributed by atoms with Gasteiger partial charge in [-0.3, -0.25) is 0 Å². The van der Waals surface area contributed by atoms with Gasteiger partial charge in [-0.1, -0.05) is 27.7 Å². The van der Waals surface area contributed by atoms with E-state index in [1.54, 1.807) is 0 Å². The zero-order valence-corrected chi connectivity index (χ0v) is 14.1. The highest BCUT2D eigenvalue weighted by molar-refractivity contribution is 4.91. The fourth-order valence-electron chi connectivity index (χ4n) is 3.88. The first-order chi connectivity index (χ1) is 9.21. The highest BCUT2D eigenvalue weighted by atomic mass is 16.8. The van der Waals surface area contributed by atoms with Crippen molar-refractivity contribution in [2.45, 2.75) is 90.8 Å². The van der Waals surface area contributed by atoms with Crippen LogP contribution < -0.4 is 0 Å². The third-order valence-corrected chi connectivity index (χ3v) is 4.38. The molecule has 0 aromatic heterocycles. The van der Waals surface area contributed by atoms with E-state index < -0.39 is 5.79 Å². The van der Waals surface area contributed by atoms with Gasteiger partial charge in [0.05, 0.1) is 18.3 Å². The van der Waals surface area contributed by atoms with Crippen molar-refractivity contribution in [2.75, 3.05) is 6.61 Å². The Bertz CT molecular complexity index is 296. The molecule has 0 radical (unpaired) electrons. The Morgan fingerprint density at radius 3 is 2.20 bits per heavy atom. The van der Waals surface area contributed by atoms with Gasteiger partial charge in [0.1, 0.15) is 6.10 Å². The van der Waals surface area contributed by atoms with E-state index in [1.165, 1.54) is 0 Å². The lowest BCUT2D eigenvalue weighted by Gasteiger charge is -2.29. The smallest absolute Gasteiger partial charge is 0.166 e. The quantitative estimate of drug-likeness (QED) is 0.759. The first-order valence-corrected chi connectivity index (χ1v) is 8.21. The lowest BCUT2D eigenvalue weighted by atomic mass is 9.91. The summed E-state index contributed by atoms with van der Waals surface area (Å²) in [5.41, 5.74) is 0.0270. The van der Waals surface area contributed by atoms with E-state index >= 15 is 0 Å². The molecule has 4 unspecified atom stereocenters. The zero-order valence-electron chi connectivity index (χ0n) is 14.1. The normalized spacial score (nSPS) is 42.0. The molecule has 0 N–H and O–H groups in total. The molecule has 3 heteroatoms. The summed E-state index contributed by atoms with van der Waals surface area (Å²) in [5, 5.41) is 0. The van der Waals surface area contributed by atoms with E-state index in [9.17, 15) is 0 Å². The van der Waals surface area contributed by atoms with Crippen LogP contribution in [-0.4, -0.2) is 30.2 Å².